The fourth-order valence-electron chi connectivity index (χ4n) is 2.72. The van der Waals surface area contributed by atoms with Crippen LogP contribution in [0, 0.1) is 13.8 Å². The van der Waals surface area contributed by atoms with Gasteiger partial charge in [-0.3, -0.25) is 4.79 Å². The smallest absolute Gasteiger partial charge is 0.222 e. The lowest BCUT2D eigenvalue weighted by Crippen LogP contribution is -2.41. The van der Waals surface area contributed by atoms with Gasteiger partial charge in [-0.1, -0.05) is 0 Å². The Hall–Kier alpha value is -1.68. The van der Waals surface area contributed by atoms with E-state index < -0.39 is 9.84 Å². The lowest BCUT2D eigenvalue weighted by molar-refractivity contribution is -0.121. The number of carbonyl (C=O) groups excluding carboxylic acids is 1. The maximum absolute atomic E-state index is 12.0. The fraction of sp³-hybridized carbons (Fsp3) is 0.688. The molecule has 1 aliphatic heterocycles. The highest BCUT2D eigenvalue weighted by Gasteiger charge is 2.28. The molecule has 1 fully saturated rings. The van der Waals surface area contributed by atoms with Crippen LogP contribution in [-0.2, 0) is 21.2 Å². The van der Waals surface area contributed by atoms with Crippen molar-refractivity contribution in [3.05, 3.63) is 15.6 Å². The number of aryl methyl sites for hydroxylation is 2. The second-order valence-electron chi connectivity index (χ2n) is 6.28. The van der Waals surface area contributed by atoms with Crippen LogP contribution in [0.2, 0.25) is 0 Å². The molecule has 0 bridgehead atoms. The minimum Gasteiger partial charge on any atom is -0.357 e. The van der Waals surface area contributed by atoms with Gasteiger partial charge in [0.05, 0.1) is 28.8 Å². The summed E-state index contributed by atoms with van der Waals surface area (Å²) in [7, 11) is -2.98. The van der Waals surface area contributed by atoms with Crippen molar-refractivity contribution in [2.75, 3.05) is 24.6 Å². The number of guanidine groups is 1. The normalized spacial score (nSPS) is 19.3. The molecular formula is C16H27N5O3S2. The Bertz CT molecular complexity index is 758. The molecule has 0 aliphatic carbocycles. The van der Waals surface area contributed by atoms with E-state index >= 15 is 0 Å². The first-order valence-electron chi connectivity index (χ1n) is 8.74. The minimum atomic E-state index is -2.98. The molecule has 0 radical (unpaired) electrons. The molecule has 1 saturated heterocycles. The second kappa shape index (κ2) is 9.31. The SMILES string of the molecule is CCNC(=NCc1sc(C)nc1C)NCCC(=O)NC1CCS(=O)(=O)C1. The average Bonchev–Trinajstić information content (AvgIpc) is 3.05. The molecule has 8 nitrogen and oxygen atoms in total. The van der Waals surface area contributed by atoms with Gasteiger partial charge in [0.15, 0.2) is 15.8 Å². The van der Waals surface area contributed by atoms with Gasteiger partial charge in [-0.2, -0.15) is 0 Å². The molecule has 1 amide bonds. The number of nitrogens with one attached hydrogen (secondary N) is 3. The van der Waals surface area contributed by atoms with E-state index in [4.69, 9.17) is 0 Å². The van der Waals surface area contributed by atoms with E-state index in [1.807, 2.05) is 20.8 Å². The molecule has 1 aromatic rings. The number of carbonyl (C=O) groups is 1. The van der Waals surface area contributed by atoms with E-state index in [2.05, 4.69) is 25.9 Å². The van der Waals surface area contributed by atoms with Crippen molar-refractivity contribution >= 4 is 33.0 Å². The predicted molar refractivity (Wildman–Crippen MR) is 104 cm³/mol. The van der Waals surface area contributed by atoms with Crippen LogP contribution in [0.4, 0.5) is 0 Å². The van der Waals surface area contributed by atoms with Gasteiger partial charge in [0.1, 0.15) is 0 Å². The van der Waals surface area contributed by atoms with Crippen molar-refractivity contribution in [3.63, 3.8) is 0 Å². The lowest BCUT2D eigenvalue weighted by Gasteiger charge is -2.13. The van der Waals surface area contributed by atoms with Crippen LogP contribution in [0.25, 0.3) is 0 Å². The summed E-state index contributed by atoms with van der Waals surface area (Å²) in [6, 6.07) is -0.257. The number of hydrogen-bond acceptors (Lipinski definition) is 6. The first kappa shape index (κ1) is 20.6. The van der Waals surface area contributed by atoms with E-state index in [0.29, 0.717) is 25.5 Å². The molecule has 26 heavy (non-hydrogen) atoms. The van der Waals surface area contributed by atoms with Crippen LogP contribution < -0.4 is 16.0 Å². The summed E-state index contributed by atoms with van der Waals surface area (Å²) >= 11 is 1.63. The summed E-state index contributed by atoms with van der Waals surface area (Å²) in [6.45, 7) is 7.62. The maximum Gasteiger partial charge on any atom is 0.222 e. The third-order valence-electron chi connectivity index (χ3n) is 3.97. The summed E-state index contributed by atoms with van der Waals surface area (Å²) in [5.74, 6) is 0.701. The predicted octanol–water partition coefficient (Wildman–Crippen LogP) is 0.508. The van der Waals surface area contributed by atoms with Crippen LogP contribution >= 0.6 is 11.3 Å². The molecule has 0 saturated carbocycles. The molecule has 2 heterocycles. The molecule has 3 N–H and O–H groups in total. The third-order valence-corrected chi connectivity index (χ3v) is 6.79. The van der Waals surface area contributed by atoms with Gasteiger partial charge in [0, 0.05) is 30.4 Å². The topological polar surface area (TPSA) is 113 Å². The van der Waals surface area contributed by atoms with Gasteiger partial charge in [-0.05, 0) is 27.2 Å². The molecule has 0 aromatic carbocycles. The van der Waals surface area contributed by atoms with Gasteiger partial charge < -0.3 is 16.0 Å². The van der Waals surface area contributed by atoms with Crippen LogP contribution in [0.5, 0.6) is 0 Å². The standard InChI is InChI=1S/C16H27N5O3S2/c1-4-17-16(19-9-14-11(2)20-12(3)25-14)18-7-5-15(22)21-13-6-8-26(23,24)10-13/h13H,4-10H2,1-3H3,(H,21,22)(H2,17,18,19). The van der Waals surface area contributed by atoms with Crippen molar-refractivity contribution < 1.29 is 13.2 Å². The second-order valence-corrected chi connectivity index (χ2v) is 9.80. The van der Waals surface area contributed by atoms with Gasteiger partial charge in [-0.15, -0.1) is 11.3 Å². The number of nitrogens with zero attached hydrogens (tertiary/aromatic N) is 2. The highest BCUT2D eigenvalue weighted by molar-refractivity contribution is 7.91. The van der Waals surface area contributed by atoms with E-state index in [1.54, 1.807) is 11.3 Å². The number of aliphatic imine (C=N–C) groups is 1. The van der Waals surface area contributed by atoms with E-state index in [9.17, 15) is 13.2 Å². The Morgan fingerprint density at radius 1 is 1.35 bits per heavy atom. The highest BCUT2D eigenvalue weighted by Crippen LogP contribution is 2.17. The largest absolute Gasteiger partial charge is 0.357 e. The van der Waals surface area contributed by atoms with Crippen molar-refractivity contribution in [1.82, 2.24) is 20.9 Å². The van der Waals surface area contributed by atoms with E-state index in [1.165, 1.54) is 0 Å². The zero-order chi connectivity index (χ0) is 19.2. The first-order chi connectivity index (χ1) is 12.3. The number of aromatic nitrogens is 1. The molecule has 1 aromatic heterocycles. The van der Waals surface area contributed by atoms with Crippen molar-refractivity contribution in [1.29, 1.82) is 0 Å². The number of thiazole rings is 1. The molecule has 10 heteroatoms. The summed E-state index contributed by atoms with van der Waals surface area (Å²) in [5, 5.41) is 10.1. The van der Waals surface area contributed by atoms with E-state index in [0.717, 1.165) is 22.1 Å². The van der Waals surface area contributed by atoms with Crippen molar-refractivity contribution in [3.8, 4) is 0 Å². The molecular weight excluding hydrogens is 374 g/mol. The molecule has 0 spiro atoms. The molecule has 146 valence electrons. The third kappa shape index (κ3) is 6.56. The summed E-state index contributed by atoms with van der Waals surface area (Å²) in [6.07, 6.45) is 0.763. The van der Waals surface area contributed by atoms with Crippen LogP contribution in [0.3, 0.4) is 0 Å². The van der Waals surface area contributed by atoms with Gasteiger partial charge in [0.2, 0.25) is 5.91 Å². The number of hydrogen-bond donors (Lipinski definition) is 3. The Morgan fingerprint density at radius 3 is 2.69 bits per heavy atom. The zero-order valence-electron chi connectivity index (χ0n) is 15.5. The van der Waals surface area contributed by atoms with Gasteiger partial charge in [-0.25, -0.2) is 18.4 Å². The highest BCUT2D eigenvalue weighted by atomic mass is 32.2. The Morgan fingerprint density at radius 2 is 2.12 bits per heavy atom. The van der Waals surface area contributed by atoms with Crippen LogP contribution in [0.15, 0.2) is 4.99 Å². The maximum atomic E-state index is 12.0. The molecule has 1 unspecified atom stereocenters. The summed E-state index contributed by atoms with van der Waals surface area (Å²) in [5.41, 5.74) is 0.998. The Kier molecular flexibility index (Phi) is 7.39. The minimum absolute atomic E-state index is 0.0455. The van der Waals surface area contributed by atoms with Gasteiger partial charge >= 0.3 is 0 Å². The number of amides is 1. The number of rotatable bonds is 7. The van der Waals surface area contributed by atoms with E-state index in [-0.39, 0.29) is 29.9 Å². The summed E-state index contributed by atoms with van der Waals surface area (Å²) in [4.78, 5) is 22.0. The Labute approximate surface area is 158 Å². The van der Waals surface area contributed by atoms with Crippen molar-refractivity contribution in [2.45, 2.75) is 46.2 Å². The zero-order valence-corrected chi connectivity index (χ0v) is 17.1. The summed E-state index contributed by atoms with van der Waals surface area (Å²) < 4.78 is 22.8. The Balaban J connectivity index is 1.78. The van der Waals surface area contributed by atoms with Crippen molar-refractivity contribution in [2.24, 2.45) is 4.99 Å². The van der Waals surface area contributed by atoms with Crippen LogP contribution in [0.1, 0.15) is 35.3 Å². The first-order valence-corrected chi connectivity index (χ1v) is 11.4. The monoisotopic (exact) mass is 401 g/mol. The quantitative estimate of drug-likeness (QED) is 0.453. The molecule has 2 rings (SSSR count). The van der Waals surface area contributed by atoms with Gasteiger partial charge in [0.25, 0.3) is 0 Å². The molecule has 1 atom stereocenters. The fourth-order valence-corrected chi connectivity index (χ4v) is 5.25. The van der Waals surface area contributed by atoms with Crippen LogP contribution in [-0.4, -0.2) is 55.9 Å². The molecule has 1 aliphatic rings. The average molecular weight is 402 g/mol. The number of sulfone groups is 1. The lowest BCUT2D eigenvalue weighted by atomic mass is 10.2.